The molecule has 0 spiro atoms. The Morgan fingerprint density at radius 2 is 1.81 bits per heavy atom. The molecular weight excluding hydrogens is 302 g/mol. The van der Waals surface area contributed by atoms with Crippen molar-refractivity contribution in [3.05, 3.63) is 59.1 Å². The maximum Gasteiger partial charge on any atom is 0.118 e. The van der Waals surface area contributed by atoms with E-state index in [0.717, 1.165) is 27.7 Å². The number of benzene rings is 2. The van der Waals surface area contributed by atoms with Gasteiger partial charge in [0.15, 0.2) is 0 Å². The molecule has 2 N–H and O–H groups in total. The summed E-state index contributed by atoms with van der Waals surface area (Å²) in [7, 11) is 1.67. The Labute approximate surface area is 135 Å². The van der Waals surface area contributed by atoms with Crippen molar-refractivity contribution in [2.45, 2.75) is 29.5 Å². The number of thioether (sulfide) groups is 1. The van der Waals surface area contributed by atoms with Crippen molar-refractivity contribution in [1.82, 2.24) is 0 Å². The lowest BCUT2D eigenvalue weighted by molar-refractivity contribution is 0.414. The molecule has 0 saturated carbocycles. The van der Waals surface area contributed by atoms with Gasteiger partial charge in [-0.2, -0.15) is 0 Å². The third-order valence-electron chi connectivity index (χ3n) is 3.39. The van der Waals surface area contributed by atoms with Crippen LogP contribution in [-0.2, 0) is 0 Å². The van der Waals surface area contributed by atoms with Gasteiger partial charge in [-0.05, 0) is 42.3 Å². The maximum atomic E-state index is 6.35. The topological polar surface area (TPSA) is 35.2 Å². The zero-order chi connectivity index (χ0) is 15.2. The molecule has 0 heterocycles. The van der Waals surface area contributed by atoms with Crippen LogP contribution in [0, 0.1) is 0 Å². The molecule has 2 atom stereocenters. The summed E-state index contributed by atoms with van der Waals surface area (Å²) in [6.45, 7) is 2.10. The molecule has 0 saturated heterocycles. The van der Waals surface area contributed by atoms with Gasteiger partial charge in [-0.1, -0.05) is 36.7 Å². The van der Waals surface area contributed by atoms with Crippen LogP contribution in [0.15, 0.2) is 53.4 Å². The number of methoxy groups -OCH3 is 1. The van der Waals surface area contributed by atoms with E-state index in [1.807, 2.05) is 30.3 Å². The molecule has 0 aromatic heterocycles. The van der Waals surface area contributed by atoms with Crippen LogP contribution < -0.4 is 10.5 Å². The van der Waals surface area contributed by atoms with Crippen LogP contribution in [0.4, 0.5) is 0 Å². The highest BCUT2D eigenvalue weighted by Crippen LogP contribution is 2.41. The Balaban J connectivity index is 2.26. The lowest BCUT2D eigenvalue weighted by Crippen LogP contribution is -2.25. The van der Waals surface area contributed by atoms with Gasteiger partial charge in [-0.15, -0.1) is 11.8 Å². The molecule has 0 radical (unpaired) electrons. The van der Waals surface area contributed by atoms with E-state index in [1.54, 1.807) is 18.9 Å². The average molecular weight is 322 g/mol. The number of nitrogens with two attached hydrogens (primary N) is 1. The van der Waals surface area contributed by atoms with E-state index >= 15 is 0 Å². The quantitative estimate of drug-likeness (QED) is 0.767. The molecule has 112 valence electrons. The largest absolute Gasteiger partial charge is 0.497 e. The number of hydrogen-bond acceptors (Lipinski definition) is 3. The van der Waals surface area contributed by atoms with Gasteiger partial charge in [0.1, 0.15) is 5.75 Å². The van der Waals surface area contributed by atoms with Crippen LogP contribution in [-0.4, -0.2) is 13.2 Å². The summed E-state index contributed by atoms with van der Waals surface area (Å²) >= 11 is 8.09. The van der Waals surface area contributed by atoms with Gasteiger partial charge in [-0.25, -0.2) is 0 Å². The Hall–Kier alpha value is -1.16. The smallest absolute Gasteiger partial charge is 0.118 e. The van der Waals surface area contributed by atoms with Crippen molar-refractivity contribution in [3.8, 4) is 5.75 Å². The van der Waals surface area contributed by atoms with Crippen LogP contribution in [0.5, 0.6) is 5.75 Å². The fraction of sp³-hybridized carbons (Fsp3) is 0.294. The summed E-state index contributed by atoms with van der Waals surface area (Å²) < 4.78 is 5.19. The second-order valence-corrected chi connectivity index (χ2v) is 6.43. The first-order chi connectivity index (χ1) is 10.2. The highest BCUT2D eigenvalue weighted by molar-refractivity contribution is 7.99. The lowest BCUT2D eigenvalue weighted by atomic mass is 10.0. The summed E-state index contributed by atoms with van der Waals surface area (Å²) in [6.07, 6.45) is 0.902. The predicted octanol–water partition coefficient (Wildman–Crippen LogP) is 4.92. The lowest BCUT2D eigenvalue weighted by Gasteiger charge is -2.24. The number of ether oxygens (including phenoxy) is 1. The van der Waals surface area contributed by atoms with Gasteiger partial charge in [0, 0.05) is 16.0 Å². The molecule has 0 amide bonds. The zero-order valence-electron chi connectivity index (χ0n) is 12.3. The molecule has 2 nitrogen and oxygen atoms in total. The summed E-state index contributed by atoms with van der Waals surface area (Å²) in [6, 6.07) is 16.0. The van der Waals surface area contributed by atoms with Gasteiger partial charge < -0.3 is 10.5 Å². The molecular formula is C17H20ClNOS. The first-order valence-electron chi connectivity index (χ1n) is 6.96. The molecule has 2 aromatic rings. The third-order valence-corrected chi connectivity index (χ3v) is 5.14. The summed E-state index contributed by atoms with van der Waals surface area (Å²) in [5.41, 5.74) is 7.41. The summed E-state index contributed by atoms with van der Waals surface area (Å²) in [5.74, 6) is 0.855. The first kappa shape index (κ1) is 16.2. The third kappa shape index (κ3) is 4.16. The van der Waals surface area contributed by atoms with Crippen molar-refractivity contribution in [2.75, 3.05) is 7.11 Å². The Bertz CT molecular complexity index is 573. The normalized spacial score (nSPS) is 13.7. The van der Waals surface area contributed by atoms with Crippen molar-refractivity contribution < 1.29 is 4.74 Å². The zero-order valence-corrected chi connectivity index (χ0v) is 13.8. The molecule has 2 unspecified atom stereocenters. The monoisotopic (exact) mass is 321 g/mol. The molecule has 0 aliphatic carbocycles. The fourth-order valence-electron chi connectivity index (χ4n) is 2.10. The number of hydrogen-bond donors (Lipinski definition) is 1. The molecule has 0 aliphatic rings. The second kappa shape index (κ2) is 7.74. The standard InChI is InChI=1S/C17H20ClNOS/c1-3-16(19)17(14-6-4-5-7-15(14)18)21-13-10-8-12(20-2)9-11-13/h4-11,16-17H,3,19H2,1-2H3. The van der Waals surface area contributed by atoms with Crippen LogP contribution in [0.3, 0.4) is 0 Å². The highest BCUT2D eigenvalue weighted by atomic mass is 35.5. The average Bonchev–Trinajstić information content (AvgIpc) is 2.53. The van der Waals surface area contributed by atoms with Crippen LogP contribution in [0.1, 0.15) is 24.2 Å². The van der Waals surface area contributed by atoms with Crippen molar-refractivity contribution >= 4 is 23.4 Å². The van der Waals surface area contributed by atoms with E-state index in [-0.39, 0.29) is 11.3 Å². The Kier molecular flexibility index (Phi) is 5.97. The predicted molar refractivity (Wildman–Crippen MR) is 91.3 cm³/mol. The molecule has 4 heteroatoms. The SMILES string of the molecule is CCC(N)C(Sc1ccc(OC)cc1)c1ccccc1Cl. The van der Waals surface area contributed by atoms with Gasteiger partial charge in [0.05, 0.1) is 12.4 Å². The summed E-state index contributed by atoms with van der Waals surface area (Å²) in [5, 5.41) is 0.907. The summed E-state index contributed by atoms with van der Waals surface area (Å²) in [4.78, 5) is 1.16. The Morgan fingerprint density at radius 3 is 2.38 bits per heavy atom. The van der Waals surface area contributed by atoms with Gasteiger partial charge in [0.25, 0.3) is 0 Å². The van der Waals surface area contributed by atoms with E-state index in [2.05, 4.69) is 25.1 Å². The van der Waals surface area contributed by atoms with Crippen LogP contribution in [0.25, 0.3) is 0 Å². The van der Waals surface area contributed by atoms with Crippen LogP contribution >= 0.6 is 23.4 Å². The van der Waals surface area contributed by atoms with E-state index in [4.69, 9.17) is 22.1 Å². The van der Waals surface area contributed by atoms with Gasteiger partial charge in [0.2, 0.25) is 0 Å². The molecule has 21 heavy (non-hydrogen) atoms. The molecule has 2 rings (SSSR count). The first-order valence-corrected chi connectivity index (χ1v) is 8.22. The minimum absolute atomic E-state index is 0.0528. The van der Waals surface area contributed by atoms with Gasteiger partial charge >= 0.3 is 0 Å². The van der Waals surface area contributed by atoms with Crippen molar-refractivity contribution in [3.63, 3.8) is 0 Å². The molecule has 0 bridgehead atoms. The molecule has 0 aliphatic heterocycles. The van der Waals surface area contributed by atoms with Crippen molar-refractivity contribution in [1.29, 1.82) is 0 Å². The minimum atomic E-state index is 0.0528. The maximum absolute atomic E-state index is 6.35. The van der Waals surface area contributed by atoms with E-state index in [1.165, 1.54) is 0 Å². The van der Waals surface area contributed by atoms with Crippen LogP contribution in [0.2, 0.25) is 5.02 Å². The van der Waals surface area contributed by atoms with E-state index in [9.17, 15) is 0 Å². The second-order valence-electron chi connectivity index (χ2n) is 4.81. The highest BCUT2D eigenvalue weighted by Gasteiger charge is 2.22. The Morgan fingerprint density at radius 1 is 1.14 bits per heavy atom. The van der Waals surface area contributed by atoms with Crippen molar-refractivity contribution in [2.24, 2.45) is 5.73 Å². The van der Waals surface area contributed by atoms with E-state index in [0.29, 0.717) is 0 Å². The van der Waals surface area contributed by atoms with Gasteiger partial charge in [-0.3, -0.25) is 0 Å². The fourth-order valence-corrected chi connectivity index (χ4v) is 3.71. The molecule has 0 fully saturated rings. The minimum Gasteiger partial charge on any atom is -0.497 e. The van der Waals surface area contributed by atoms with E-state index < -0.39 is 0 Å². The molecule has 2 aromatic carbocycles. The number of halogens is 1. The number of rotatable bonds is 6.